The predicted molar refractivity (Wildman–Crippen MR) is 258 cm³/mol. The second-order valence-electron chi connectivity index (χ2n) is 15.3. The minimum Gasteiger partial charge on any atom is -0.494 e. The molecule has 0 amide bonds. The Hall–Kier alpha value is -7.86. The van der Waals surface area contributed by atoms with Crippen molar-refractivity contribution in [1.29, 1.82) is 0 Å². The van der Waals surface area contributed by atoms with E-state index >= 15 is 0 Å². The van der Waals surface area contributed by atoms with E-state index in [4.69, 9.17) is 28.4 Å². The lowest BCUT2D eigenvalue weighted by molar-refractivity contribution is 0.0395. The molecular formula is C55H54N2O10. The third kappa shape index (κ3) is 16.3. The number of aliphatic imine (C=N–C) groups is 2. The average Bonchev–Trinajstić information content (AvgIpc) is 3.36. The lowest BCUT2D eigenvalue weighted by atomic mass is 10.2. The van der Waals surface area contributed by atoms with Gasteiger partial charge in [0.1, 0.15) is 23.0 Å². The molecule has 0 unspecified atom stereocenters. The summed E-state index contributed by atoms with van der Waals surface area (Å²) in [4.78, 5) is 59.4. The van der Waals surface area contributed by atoms with Crippen LogP contribution in [0.2, 0.25) is 0 Å². The van der Waals surface area contributed by atoms with Crippen LogP contribution in [0.25, 0.3) is 0 Å². The Labute approximate surface area is 391 Å². The molecule has 344 valence electrons. The number of rotatable bonds is 24. The summed E-state index contributed by atoms with van der Waals surface area (Å²) in [6.07, 6.45) is 10.1. The summed E-state index contributed by atoms with van der Waals surface area (Å²) in [6, 6.07) is 41.0. The number of unbranched alkanes of at least 4 members (excludes halogenated alkanes) is 4. The zero-order valence-electron chi connectivity index (χ0n) is 37.8. The molecule has 67 heavy (non-hydrogen) atoms. The van der Waals surface area contributed by atoms with Gasteiger partial charge in [0, 0.05) is 18.9 Å². The van der Waals surface area contributed by atoms with Crippen molar-refractivity contribution in [2.75, 3.05) is 26.4 Å². The van der Waals surface area contributed by atoms with Gasteiger partial charge in [0.15, 0.2) is 0 Å². The van der Waals surface area contributed by atoms with Crippen LogP contribution in [-0.4, -0.2) is 62.7 Å². The normalized spacial score (nSPS) is 11.0. The molecular weight excluding hydrogens is 849 g/mol. The van der Waals surface area contributed by atoms with E-state index in [0.29, 0.717) is 64.8 Å². The minimum absolute atomic E-state index is 0.0672. The molecule has 6 aromatic carbocycles. The van der Waals surface area contributed by atoms with Crippen molar-refractivity contribution in [3.05, 3.63) is 179 Å². The van der Waals surface area contributed by atoms with Gasteiger partial charge in [-0.2, -0.15) is 0 Å². The van der Waals surface area contributed by atoms with Crippen LogP contribution in [0.15, 0.2) is 156 Å². The Morgan fingerprint density at radius 3 is 1.06 bits per heavy atom. The molecule has 0 aliphatic carbocycles. The molecule has 0 radical (unpaired) electrons. The fourth-order valence-electron chi connectivity index (χ4n) is 6.26. The molecule has 0 bridgehead atoms. The number of ether oxygens (including phenoxy) is 6. The molecule has 0 aromatic heterocycles. The summed E-state index contributed by atoms with van der Waals surface area (Å²) in [7, 11) is 0. The molecule has 6 rings (SSSR count). The molecule has 0 fully saturated rings. The van der Waals surface area contributed by atoms with Crippen molar-refractivity contribution >= 4 is 47.7 Å². The van der Waals surface area contributed by atoms with Gasteiger partial charge in [0.2, 0.25) is 0 Å². The number of carbonyl (C=O) groups excluding carboxylic acids is 4. The van der Waals surface area contributed by atoms with Crippen molar-refractivity contribution in [3.8, 4) is 23.0 Å². The highest BCUT2D eigenvalue weighted by molar-refractivity contribution is 5.93. The smallest absolute Gasteiger partial charge is 0.343 e. The van der Waals surface area contributed by atoms with Gasteiger partial charge in [-0.25, -0.2) is 19.2 Å². The van der Waals surface area contributed by atoms with Crippen molar-refractivity contribution in [3.63, 3.8) is 0 Å². The largest absolute Gasteiger partial charge is 0.494 e. The topological polar surface area (TPSA) is 148 Å². The summed E-state index contributed by atoms with van der Waals surface area (Å²) in [5.41, 5.74) is 4.41. The van der Waals surface area contributed by atoms with Crippen molar-refractivity contribution < 1.29 is 47.6 Å². The predicted octanol–water partition coefficient (Wildman–Crippen LogP) is 12.2. The molecule has 0 spiro atoms. The number of hydrogen-bond donors (Lipinski definition) is 0. The summed E-state index contributed by atoms with van der Waals surface area (Å²) >= 11 is 0. The van der Waals surface area contributed by atoms with Gasteiger partial charge in [-0.1, -0.05) is 39.5 Å². The maximum atomic E-state index is 12.6. The average molecular weight is 903 g/mol. The van der Waals surface area contributed by atoms with Crippen molar-refractivity contribution in [2.45, 2.75) is 58.8 Å². The molecule has 12 heteroatoms. The summed E-state index contributed by atoms with van der Waals surface area (Å²) in [6.45, 7) is 5.71. The number of hydrogen-bond acceptors (Lipinski definition) is 12. The summed E-state index contributed by atoms with van der Waals surface area (Å²) < 4.78 is 33.2. The highest BCUT2D eigenvalue weighted by Gasteiger charge is 2.12. The van der Waals surface area contributed by atoms with Crippen LogP contribution in [0.4, 0.5) is 11.4 Å². The Morgan fingerprint density at radius 2 is 0.701 bits per heavy atom. The lowest BCUT2D eigenvalue weighted by Gasteiger charge is -2.07. The van der Waals surface area contributed by atoms with E-state index in [1.165, 1.54) is 0 Å². The van der Waals surface area contributed by atoms with Gasteiger partial charge in [0.05, 0.1) is 60.1 Å². The van der Waals surface area contributed by atoms with E-state index in [9.17, 15) is 19.2 Å². The first kappa shape index (κ1) is 48.6. The maximum Gasteiger partial charge on any atom is 0.343 e. The van der Waals surface area contributed by atoms with Gasteiger partial charge in [0.25, 0.3) is 0 Å². The van der Waals surface area contributed by atoms with E-state index in [0.717, 1.165) is 61.2 Å². The van der Waals surface area contributed by atoms with Gasteiger partial charge in [-0.05, 0) is 170 Å². The van der Waals surface area contributed by atoms with Crippen LogP contribution in [0.1, 0.15) is 111 Å². The van der Waals surface area contributed by atoms with Crippen LogP contribution in [0.3, 0.4) is 0 Å². The molecule has 6 aromatic rings. The summed E-state index contributed by atoms with van der Waals surface area (Å²) in [5.74, 6) is 0.310. The Morgan fingerprint density at radius 1 is 0.373 bits per heavy atom. The second kappa shape index (κ2) is 26.2. The van der Waals surface area contributed by atoms with E-state index < -0.39 is 23.9 Å². The van der Waals surface area contributed by atoms with Crippen LogP contribution >= 0.6 is 0 Å². The Balaban J connectivity index is 0.849. The number of carbonyl (C=O) groups is 4. The highest BCUT2D eigenvalue weighted by atomic mass is 16.6. The van der Waals surface area contributed by atoms with Crippen LogP contribution in [-0.2, 0) is 9.47 Å². The molecule has 0 saturated heterocycles. The monoisotopic (exact) mass is 902 g/mol. The molecule has 12 nitrogen and oxygen atoms in total. The van der Waals surface area contributed by atoms with Gasteiger partial charge in [-0.3, -0.25) is 9.98 Å². The van der Waals surface area contributed by atoms with Gasteiger partial charge in [-0.15, -0.1) is 0 Å². The number of nitrogens with zero attached hydrogens (tertiary/aromatic N) is 2. The third-order valence-electron chi connectivity index (χ3n) is 10.1. The zero-order valence-corrected chi connectivity index (χ0v) is 37.8. The first-order valence-electron chi connectivity index (χ1n) is 22.5. The minimum atomic E-state index is -0.505. The molecule has 0 saturated carbocycles. The molecule has 0 heterocycles. The number of esters is 4. The van der Waals surface area contributed by atoms with Crippen molar-refractivity contribution in [2.24, 2.45) is 9.98 Å². The van der Waals surface area contributed by atoms with Gasteiger partial charge < -0.3 is 28.4 Å². The zero-order chi connectivity index (χ0) is 47.1. The van der Waals surface area contributed by atoms with Crippen molar-refractivity contribution in [1.82, 2.24) is 0 Å². The highest BCUT2D eigenvalue weighted by Crippen LogP contribution is 2.21. The third-order valence-corrected chi connectivity index (χ3v) is 10.1. The van der Waals surface area contributed by atoms with Gasteiger partial charge >= 0.3 is 23.9 Å². The van der Waals surface area contributed by atoms with E-state index in [-0.39, 0.29) is 13.2 Å². The second-order valence-corrected chi connectivity index (χ2v) is 15.3. The Bertz CT molecular complexity index is 2370. The fourth-order valence-corrected chi connectivity index (χ4v) is 6.26. The fraction of sp³-hybridized carbons (Fsp3) is 0.236. The lowest BCUT2D eigenvalue weighted by Crippen LogP contribution is -2.11. The molecule has 0 aliphatic heterocycles. The summed E-state index contributed by atoms with van der Waals surface area (Å²) in [5, 5.41) is 0. The molecule has 0 N–H and O–H groups in total. The molecule has 0 aliphatic rings. The van der Waals surface area contributed by atoms with E-state index in [2.05, 4.69) is 23.8 Å². The Kier molecular flexibility index (Phi) is 19.0. The standard InChI is InChI=1S/C55H54N2O10/c1-3-5-7-34-62-48-30-18-44(19-31-48)54(60)66-50-26-10-40(11-27-50)38-56-46-22-14-42(15-23-46)52(58)64-36-9-37-65-53(59)43-16-24-47(25-17-43)57-39-41-12-28-51(29-13-41)67-55(61)45-20-32-49(33-21-45)63-35-8-6-4-2/h10-33,38-39H,3-9,34-37H2,1-2H3. The molecule has 0 atom stereocenters. The maximum absolute atomic E-state index is 12.6. The van der Waals surface area contributed by atoms with Crippen LogP contribution in [0.5, 0.6) is 23.0 Å². The number of benzene rings is 6. The van der Waals surface area contributed by atoms with E-state index in [1.807, 2.05) is 0 Å². The first-order chi connectivity index (χ1) is 32.8. The first-order valence-corrected chi connectivity index (χ1v) is 22.5. The van der Waals surface area contributed by atoms with E-state index in [1.54, 1.807) is 158 Å². The van der Waals surface area contributed by atoms with Crippen LogP contribution in [0, 0.1) is 0 Å². The van der Waals surface area contributed by atoms with Crippen LogP contribution < -0.4 is 18.9 Å². The quantitative estimate of drug-likeness (QED) is 0.0249. The SMILES string of the molecule is CCCCCOc1ccc(C(=O)Oc2ccc(C=Nc3ccc(C(=O)OCCCOC(=O)c4ccc(N=Cc5ccc(OC(=O)c6ccc(OCCCCC)cc6)cc5)cc4)cc3)cc2)cc1.